The highest BCUT2D eigenvalue weighted by atomic mass is 19.1. The first-order valence-corrected chi connectivity index (χ1v) is 13.9. The van der Waals surface area contributed by atoms with Gasteiger partial charge >= 0.3 is 0 Å². The molecule has 0 radical (unpaired) electrons. The molecule has 0 aromatic heterocycles. The topological polar surface area (TPSA) is 46.5 Å². The van der Waals surface area contributed by atoms with Crippen molar-refractivity contribution in [2.75, 3.05) is 0 Å². The number of carbonyl (C=O) groups excluding carboxylic acids is 2. The number of halogens is 1. The Balaban J connectivity index is 1.27. The summed E-state index contributed by atoms with van der Waals surface area (Å²) in [4.78, 5) is 30.1. The van der Waals surface area contributed by atoms with Crippen molar-refractivity contribution in [1.82, 2.24) is 0 Å². The van der Waals surface area contributed by atoms with Gasteiger partial charge in [-0.3, -0.25) is 14.6 Å². The van der Waals surface area contributed by atoms with Crippen LogP contribution in [-0.4, -0.2) is 17.3 Å². The maximum atomic E-state index is 14.6. The van der Waals surface area contributed by atoms with Crippen molar-refractivity contribution in [1.29, 1.82) is 0 Å². The molecule has 0 amide bonds. The highest BCUT2D eigenvalue weighted by Crippen LogP contribution is 2.38. The van der Waals surface area contributed by atoms with E-state index < -0.39 is 0 Å². The van der Waals surface area contributed by atoms with Crippen molar-refractivity contribution in [2.24, 2.45) is 22.7 Å². The van der Waals surface area contributed by atoms with Crippen LogP contribution in [0.3, 0.4) is 0 Å². The number of ketones is 2. The average Bonchev–Trinajstić information content (AvgIpc) is 3.36. The quantitative estimate of drug-likeness (QED) is 0.357. The minimum atomic E-state index is -0.153. The molecule has 196 valence electrons. The van der Waals surface area contributed by atoms with E-state index in [9.17, 15) is 14.0 Å². The summed E-state index contributed by atoms with van der Waals surface area (Å²) in [6.07, 6.45) is 12.8. The lowest BCUT2D eigenvalue weighted by Crippen LogP contribution is -2.26. The molecule has 1 atom stereocenters. The molecular weight excluding hydrogens is 473 g/mol. The van der Waals surface area contributed by atoms with Crippen LogP contribution in [0.25, 0.3) is 5.57 Å². The molecule has 3 nitrogen and oxygen atoms in total. The SMILES string of the molecule is CCC(=O)C1CCC(C(=O)c2ccc(CC3=CC=CC4C(c5ccc(C)c(F)c5C)=CN=C34)cc2C)CC1. The van der Waals surface area contributed by atoms with Gasteiger partial charge in [-0.1, -0.05) is 55.5 Å². The second-order valence-electron chi connectivity index (χ2n) is 11.1. The fraction of sp³-hybridized carbons (Fsp3) is 0.382. The Bertz CT molecular complexity index is 1420. The number of nitrogens with zero attached hydrogens (tertiary/aromatic N) is 1. The van der Waals surface area contributed by atoms with E-state index in [0.717, 1.165) is 71.2 Å². The summed E-state index contributed by atoms with van der Waals surface area (Å²) in [5.74, 6) is 0.566. The highest BCUT2D eigenvalue weighted by molar-refractivity contribution is 6.13. The van der Waals surface area contributed by atoms with Crippen LogP contribution < -0.4 is 0 Å². The molecule has 0 spiro atoms. The molecule has 2 aliphatic carbocycles. The van der Waals surface area contributed by atoms with Gasteiger partial charge in [0.1, 0.15) is 11.6 Å². The van der Waals surface area contributed by atoms with Crippen LogP contribution in [-0.2, 0) is 11.2 Å². The van der Waals surface area contributed by atoms with Gasteiger partial charge in [-0.2, -0.15) is 0 Å². The van der Waals surface area contributed by atoms with Gasteiger partial charge < -0.3 is 0 Å². The predicted molar refractivity (Wildman–Crippen MR) is 152 cm³/mol. The molecule has 4 heteroatoms. The van der Waals surface area contributed by atoms with Gasteiger partial charge in [0, 0.05) is 35.9 Å². The summed E-state index contributed by atoms with van der Waals surface area (Å²) < 4.78 is 14.6. The van der Waals surface area contributed by atoms with Crippen molar-refractivity contribution in [3.8, 4) is 0 Å². The zero-order chi connectivity index (χ0) is 27.0. The molecule has 3 aliphatic rings. The van der Waals surface area contributed by atoms with Gasteiger partial charge in [0.2, 0.25) is 0 Å². The molecule has 1 fully saturated rings. The molecule has 1 heterocycles. The van der Waals surface area contributed by atoms with Gasteiger partial charge in [-0.15, -0.1) is 0 Å². The summed E-state index contributed by atoms with van der Waals surface area (Å²) >= 11 is 0. The molecule has 1 aliphatic heterocycles. The first kappa shape index (κ1) is 26.2. The lowest BCUT2D eigenvalue weighted by Gasteiger charge is -2.27. The Labute approximate surface area is 225 Å². The van der Waals surface area contributed by atoms with E-state index in [-0.39, 0.29) is 29.4 Å². The summed E-state index contributed by atoms with van der Waals surface area (Å²) in [7, 11) is 0. The molecule has 0 N–H and O–H groups in total. The van der Waals surface area contributed by atoms with E-state index >= 15 is 0 Å². The van der Waals surface area contributed by atoms with Gasteiger partial charge in [0.25, 0.3) is 0 Å². The van der Waals surface area contributed by atoms with Crippen LogP contribution in [0.1, 0.15) is 77.2 Å². The lowest BCUT2D eigenvalue weighted by atomic mass is 9.76. The van der Waals surface area contributed by atoms with Crippen LogP contribution in [0.15, 0.2) is 65.3 Å². The molecule has 0 bridgehead atoms. The van der Waals surface area contributed by atoms with Crippen molar-refractivity contribution in [3.05, 3.63) is 99.5 Å². The number of aryl methyl sites for hydroxylation is 2. The minimum Gasteiger partial charge on any atom is -0.299 e. The lowest BCUT2D eigenvalue weighted by molar-refractivity contribution is -0.123. The normalized spacial score (nSPS) is 22.4. The second kappa shape index (κ2) is 10.8. The summed E-state index contributed by atoms with van der Waals surface area (Å²) in [6.45, 7) is 7.56. The fourth-order valence-corrected chi connectivity index (χ4v) is 6.33. The summed E-state index contributed by atoms with van der Waals surface area (Å²) in [6, 6.07) is 9.99. The van der Waals surface area contributed by atoms with E-state index in [0.29, 0.717) is 23.3 Å². The van der Waals surface area contributed by atoms with Crippen LogP contribution >= 0.6 is 0 Å². The third-order valence-electron chi connectivity index (χ3n) is 8.65. The Morgan fingerprint density at radius 2 is 1.71 bits per heavy atom. The molecule has 2 aromatic rings. The van der Waals surface area contributed by atoms with Crippen molar-refractivity contribution < 1.29 is 14.0 Å². The molecule has 1 unspecified atom stereocenters. The number of hydrogen-bond acceptors (Lipinski definition) is 3. The van der Waals surface area contributed by atoms with Crippen LogP contribution in [0.2, 0.25) is 0 Å². The van der Waals surface area contributed by atoms with E-state index in [1.807, 2.05) is 45.2 Å². The van der Waals surface area contributed by atoms with Crippen LogP contribution in [0.5, 0.6) is 0 Å². The predicted octanol–water partition coefficient (Wildman–Crippen LogP) is 7.87. The van der Waals surface area contributed by atoms with Crippen molar-refractivity contribution >= 4 is 22.9 Å². The largest absolute Gasteiger partial charge is 0.299 e. The monoisotopic (exact) mass is 509 g/mol. The van der Waals surface area contributed by atoms with Gasteiger partial charge in [-0.05, 0) is 91.8 Å². The number of carbonyl (C=O) groups is 2. The van der Waals surface area contributed by atoms with Crippen molar-refractivity contribution in [2.45, 2.75) is 66.2 Å². The average molecular weight is 510 g/mol. The van der Waals surface area contributed by atoms with Crippen LogP contribution in [0.4, 0.5) is 4.39 Å². The number of rotatable bonds is 7. The van der Waals surface area contributed by atoms with Gasteiger partial charge in [-0.25, -0.2) is 4.39 Å². The summed E-state index contributed by atoms with van der Waals surface area (Å²) in [5, 5.41) is 0. The third-order valence-corrected chi connectivity index (χ3v) is 8.65. The molecule has 5 rings (SSSR count). The van der Waals surface area contributed by atoms with E-state index in [1.165, 1.54) is 0 Å². The Morgan fingerprint density at radius 1 is 0.974 bits per heavy atom. The minimum absolute atomic E-state index is 0.0137. The van der Waals surface area contributed by atoms with E-state index in [2.05, 4.69) is 30.4 Å². The highest BCUT2D eigenvalue weighted by Gasteiger charge is 2.31. The number of Topliss-reactive ketones (excluding diaryl/α,β-unsaturated/α-hetero) is 2. The first-order valence-electron chi connectivity index (χ1n) is 13.9. The Kier molecular flexibility index (Phi) is 7.43. The second-order valence-corrected chi connectivity index (χ2v) is 11.1. The fourth-order valence-electron chi connectivity index (χ4n) is 6.33. The zero-order valence-corrected chi connectivity index (χ0v) is 22.8. The smallest absolute Gasteiger partial charge is 0.166 e. The number of hydrogen-bond donors (Lipinski definition) is 0. The number of fused-ring (bicyclic) bond motifs is 1. The first-order chi connectivity index (χ1) is 18.3. The summed E-state index contributed by atoms with van der Waals surface area (Å²) in [5.41, 5.74) is 8.37. The number of aliphatic imine (C=N–C) groups is 1. The van der Waals surface area contributed by atoms with Crippen molar-refractivity contribution in [3.63, 3.8) is 0 Å². The molecule has 2 aromatic carbocycles. The number of allylic oxidation sites excluding steroid dienone is 5. The Morgan fingerprint density at radius 3 is 2.42 bits per heavy atom. The van der Waals surface area contributed by atoms with Crippen LogP contribution in [0, 0.1) is 44.3 Å². The maximum absolute atomic E-state index is 14.6. The van der Waals surface area contributed by atoms with E-state index in [1.54, 1.807) is 6.92 Å². The molecule has 38 heavy (non-hydrogen) atoms. The molecule has 0 saturated heterocycles. The third kappa shape index (κ3) is 4.89. The van der Waals surface area contributed by atoms with Gasteiger partial charge in [0.05, 0.1) is 5.71 Å². The van der Waals surface area contributed by atoms with Gasteiger partial charge in [0.15, 0.2) is 5.78 Å². The number of benzene rings is 2. The Hall–Kier alpha value is -3.40. The molecule has 1 saturated carbocycles. The standard InChI is InChI=1S/C34H36FNO2/c1-5-31(37)24-11-13-25(14-12-24)34(38)27-16-10-23(17-21(27)3)18-26-7-6-8-29-30(19-36-33(26)29)28-15-9-20(2)32(35)22(28)4/h6-10,15-17,19,24-25,29H,5,11-14,18H2,1-4H3. The van der Waals surface area contributed by atoms with E-state index in [4.69, 9.17) is 4.99 Å². The maximum Gasteiger partial charge on any atom is 0.166 e. The molecular formula is C34H36FNO2. The zero-order valence-electron chi connectivity index (χ0n) is 22.8.